The molecule has 3 aromatic rings. The number of aromatic nitrogens is 3. The standard InChI is InChI=1S/C14H13ClN4/c1-2-9-5-3-4-6-12(9)19-13-11(18-14(19)16)7-10(15)8-17-13/h3-8H,2H2,1H3,(H2,16,18). The molecule has 0 spiro atoms. The maximum absolute atomic E-state index is 6.03. The van der Waals surface area contributed by atoms with Gasteiger partial charge in [-0.2, -0.15) is 0 Å². The van der Waals surface area contributed by atoms with E-state index >= 15 is 0 Å². The number of hydrogen-bond donors (Lipinski definition) is 1. The lowest BCUT2D eigenvalue weighted by Gasteiger charge is -2.10. The van der Waals surface area contributed by atoms with Crippen molar-refractivity contribution in [3.05, 3.63) is 47.1 Å². The normalized spacial score (nSPS) is 11.1. The van der Waals surface area contributed by atoms with Gasteiger partial charge in [-0.25, -0.2) is 9.97 Å². The van der Waals surface area contributed by atoms with E-state index in [1.54, 1.807) is 12.3 Å². The van der Waals surface area contributed by atoms with Gasteiger partial charge in [-0.1, -0.05) is 36.7 Å². The largest absolute Gasteiger partial charge is 0.369 e. The van der Waals surface area contributed by atoms with Crippen molar-refractivity contribution in [3.8, 4) is 5.69 Å². The second kappa shape index (κ2) is 4.55. The highest BCUT2D eigenvalue weighted by Crippen LogP contribution is 2.25. The second-order valence-corrected chi connectivity index (χ2v) is 4.72. The van der Waals surface area contributed by atoms with Gasteiger partial charge in [0.2, 0.25) is 5.95 Å². The van der Waals surface area contributed by atoms with E-state index in [0.717, 1.165) is 17.8 Å². The summed E-state index contributed by atoms with van der Waals surface area (Å²) in [5, 5.41) is 0.556. The zero-order chi connectivity index (χ0) is 13.4. The molecule has 0 atom stereocenters. The number of benzene rings is 1. The van der Waals surface area contributed by atoms with Crippen molar-refractivity contribution in [1.82, 2.24) is 14.5 Å². The van der Waals surface area contributed by atoms with Gasteiger partial charge in [0, 0.05) is 6.20 Å². The van der Waals surface area contributed by atoms with E-state index in [2.05, 4.69) is 23.0 Å². The third-order valence-corrected chi connectivity index (χ3v) is 3.31. The summed E-state index contributed by atoms with van der Waals surface area (Å²) in [6, 6.07) is 9.87. The molecule has 0 fully saturated rings. The molecule has 1 aromatic carbocycles. The highest BCUT2D eigenvalue weighted by atomic mass is 35.5. The van der Waals surface area contributed by atoms with Crippen molar-refractivity contribution >= 4 is 28.7 Å². The summed E-state index contributed by atoms with van der Waals surface area (Å²) >= 11 is 5.93. The monoisotopic (exact) mass is 272 g/mol. The highest BCUT2D eigenvalue weighted by molar-refractivity contribution is 6.31. The Morgan fingerprint density at radius 2 is 2.11 bits per heavy atom. The summed E-state index contributed by atoms with van der Waals surface area (Å²) in [6.45, 7) is 2.11. The van der Waals surface area contributed by atoms with Crippen LogP contribution < -0.4 is 5.73 Å². The molecular weight excluding hydrogens is 260 g/mol. The zero-order valence-electron chi connectivity index (χ0n) is 10.5. The number of nitrogens with two attached hydrogens (primary N) is 1. The molecule has 3 rings (SSSR count). The van der Waals surface area contributed by atoms with Gasteiger partial charge >= 0.3 is 0 Å². The van der Waals surface area contributed by atoms with Crippen LogP contribution >= 0.6 is 11.6 Å². The van der Waals surface area contributed by atoms with Crippen LogP contribution in [0.5, 0.6) is 0 Å². The molecule has 0 aliphatic rings. The number of anilines is 1. The van der Waals surface area contributed by atoms with Crippen LogP contribution in [-0.4, -0.2) is 14.5 Å². The van der Waals surface area contributed by atoms with Gasteiger partial charge in [0.1, 0.15) is 5.52 Å². The number of imidazole rings is 1. The Balaban J connectivity index is 2.33. The van der Waals surface area contributed by atoms with Crippen molar-refractivity contribution in [2.24, 2.45) is 0 Å². The molecule has 0 unspecified atom stereocenters. The van der Waals surface area contributed by atoms with E-state index < -0.39 is 0 Å². The van der Waals surface area contributed by atoms with Gasteiger partial charge in [0.05, 0.1) is 10.7 Å². The van der Waals surface area contributed by atoms with Gasteiger partial charge in [0.15, 0.2) is 5.65 Å². The minimum absolute atomic E-state index is 0.422. The van der Waals surface area contributed by atoms with Crippen molar-refractivity contribution in [2.45, 2.75) is 13.3 Å². The quantitative estimate of drug-likeness (QED) is 0.779. The molecule has 5 heteroatoms. The van der Waals surface area contributed by atoms with E-state index in [1.165, 1.54) is 5.56 Å². The third kappa shape index (κ3) is 1.94. The topological polar surface area (TPSA) is 56.7 Å². The molecule has 2 aromatic heterocycles. The van der Waals surface area contributed by atoms with Crippen molar-refractivity contribution in [2.75, 3.05) is 5.73 Å². The third-order valence-electron chi connectivity index (χ3n) is 3.10. The fourth-order valence-electron chi connectivity index (χ4n) is 2.22. The Morgan fingerprint density at radius 3 is 2.89 bits per heavy atom. The first-order valence-corrected chi connectivity index (χ1v) is 6.46. The minimum Gasteiger partial charge on any atom is -0.369 e. The van der Waals surface area contributed by atoms with Gasteiger partial charge in [0.25, 0.3) is 0 Å². The molecule has 2 N–H and O–H groups in total. The molecule has 19 heavy (non-hydrogen) atoms. The SMILES string of the molecule is CCc1ccccc1-n1c(N)nc2cc(Cl)cnc21. The van der Waals surface area contributed by atoms with E-state index in [0.29, 0.717) is 16.5 Å². The van der Waals surface area contributed by atoms with E-state index in [1.807, 2.05) is 22.8 Å². The minimum atomic E-state index is 0.422. The maximum Gasteiger partial charge on any atom is 0.207 e. The molecule has 4 nitrogen and oxygen atoms in total. The van der Waals surface area contributed by atoms with E-state index in [9.17, 15) is 0 Å². The Hall–Kier alpha value is -2.07. The second-order valence-electron chi connectivity index (χ2n) is 4.28. The van der Waals surface area contributed by atoms with Crippen LogP contribution in [0.3, 0.4) is 0 Å². The number of rotatable bonds is 2. The molecule has 0 radical (unpaired) electrons. The maximum atomic E-state index is 6.03. The van der Waals surface area contributed by atoms with Gasteiger partial charge in [-0.3, -0.25) is 4.57 Å². The van der Waals surface area contributed by atoms with E-state index in [4.69, 9.17) is 17.3 Å². The summed E-state index contributed by atoms with van der Waals surface area (Å²) in [4.78, 5) is 8.66. The van der Waals surface area contributed by atoms with Crippen molar-refractivity contribution in [3.63, 3.8) is 0 Å². The number of nitrogens with zero attached hydrogens (tertiary/aromatic N) is 3. The first-order chi connectivity index (χ1) is 9.20. The predicted octanol–water partition coefficient (Wildman–Crippen LogP) is 3.22. The fraction of sp³-hybridized carbons (Fsp3) is 0.143. The van der Waals surface area contributed by atoms with Gasteiger partial charge in [-0.05, 0) is 24.1 Å². The lowest BCUT2D eigenvalue weighted by molar-refractivity contribution is 1.02. The molecule has 0 saturated carbocycles. The number of nitrogen functional groups attached to an aromatic ring is 1. The van der Waals surface area contributed by atoms with Crippen LogP contribution in [0.15, 0.2) is 36.5 Å². The number of pyridine rings is 1. The predicted molar refractivity (Wildman–Crippen MR) is 77.7 cm³/mol. The zero-order valence-corrected chi connectivity index (χ0v) is 11.2. The first kappa shape index (κ1) is 12.0. The lowest BCUT2D eigenvalue weighted by Crippen LogP contribution is -2.04. The molecule has 2 heterocycles. The smallest absolute Gasteiger partial charge is 0.207 e. The Bertz CT molecular complexity index is 748. The van der Waals surface area contributed by atoms with Crippen LogP contribution in [0.4, 0.5) is 5.95 Å². The number of para-hydroxylation sites is 1. The Kier molecular flexibility index (Phi) is 2.87. The average molecular weight is 273 g/mol. The molecule has 96 valence electrons. The number of aryl methyl sites for hydroxylation is 1. The number of halogens is 1. The van der Waals surface area contributed by atoms with Crippen LogP contribution in [0.1, 0.15) is 12.5 Å². The Morgan fingerprint density at radius 1 is 1.32 bits per heavy atom. The fourth-order valence-corrected chi connectivity index (χ4v) is 2.38. The molecule has 0 bridgehead atoms. The summed E-state index contributed by atoms with van der Waals surface area (Å²) in [6.07, 6.45) is 2.53. The van der Waals surface area contributed by atoms with Crippen LogP contribution in [-0.2, 0) is 6.42 Å². The first-order valence-electron chi connectivity index (χ1n) is 6.08. The molecule has 0 aliphatic heterocycles. The lowest BCUT2D eigenvalue weighted by atomic mass is 10.1. The van der Waals surface area contributed by atoms with E-state index in [-0.39, 0.29) is 0 Å². The highest BCUT2D eigenvalue weighted by Gasteiger charge is 2.13. The van der Waals surface area contributed by atoms with Crippen molar-refractivity contribution < 1.29 is 0 Å². The molecule has 0 amide bonds. The van der Waals surface area contributed by atoms with Crippen molar-refractivity contribution in [1.29, 1.82) is 0 Å². The van der Waals surface area contributed by atoms with Gasteiger partial charge < -0.3 is 5.73 Å². The summed E-state index contributed by atoms with van der Waals surface area (Å²) in [7, 11) is 0. The number of fused-ring (bicyclic) bond motifs is 1. The van der Waals surface area contributed by atoms with Crippen LogP contribution in [0.2, 0.25) is 5.02 Å². The van der Waals surface area contributed by atoms with Crippen LogP contribution in [0.25, 0.3) is 16.9 Å². The Labute approximate surface area is 115 Å². The summed E-state index contributed by atoms with van der Waals surface area (Å²) in [5.41, 5.74) is 9.67. The molecule has 0 saturated heterocycles. The number of hydrogen-bond acceptors (Lipinski definition) is 3. The summed E-state index contributed by atoms with van der Waals surface area (Å²) in [5.74, 6) is 0.422. The average Bonchev–Trinajstić information content (AvgIpc) is 2.73. The van der Waals surface area contributed by atoms with Crippen LogP contribution in [0, 0.1) is 0 Å². The molecule has 0 aliphatic carbocycles. The molecular formula is C14H13ClN4. The van der Waals surface area contributed by atoms with Gasteiger partial charge in [-0.15, -0.1) is 0 Å². The summed E-state index contributed by atoms with van der Waals surface area (Å²) < 4.78 is 1.87.